The van der Waals surface area contributed by atoms with Gasteiger partial charge in [0, 0.05) is 34.1 Å². The molecule has 0 amide bonds. The van der Waals surface area contributed by atoms with Gasteiger partial charge < -0.3 is 9.80 Å². The number of hydrogen-bond acceptors (Lipinski definition) is 2. The first kappa shape index (κ1) is 80.1. The number of hydrogen-bond donors (Lipinski definition) is 0. The average Bonchev–Trinajstić information content (AvgIpc) is 1.55. The molecule has 0 saturated heterocycles. The fourth-order valence-corrected chi connectivity index (χ4v) is 19.6. The monoisotopic (exact) mass is 1560 g/mol. The quantitative estimate of drug-likeness (QED) is 0.0451. The van der Waals surface area contributed by atoms with Crippen LogP contribution in [-0.2, 0) is 47.3 Å². The number of fused-ring (bicyclic) bond motifs is 5. The van der Waals surface area contributed by atoms with Crippen molar-refractivity contribution in [1.82, 2.24) is 0 Å². The van der Waals surface area contributed by atoms with Crippen LogP contribution in [0.15, 0.2) is 358 Å². The zero-order valence-corrected chi connectivity index (χ0v) is 71.7. The van der Waals surface area contributed by atoms with Crippen molar-refractivity contribution in [2.45, 2.75) is 167 Å². The van der Waals surface area contributed by atoms with Gasteiger partial charge in [-0.1, -0.05) is 386 Å². The highest BCUT2D eigenvalue weighted by Gasteiger charge is 2.48. The topological polar surface area (TPSA) is 6.48 Å². The Labute approximate surface area is 715 Å². The Morgan fingerprint density at radius 1 is 0.325 bits per heavy atom. The zero-order valence-electron chi connectivity index (χ0n) is 71.7. The molecule has 3 aliphatic carbocycles. The molecule has 596 valence electrons. The van der Waals surface area contributed by atoms with Crippen molar-refractivity contribution in [1.29, 1.82) is 0 Å². The third-order valence-corrected chi connectivity index (χ3v) is 26.2. The normalized spacial score (nSPS) is 15.2. The number of rotatable bonds is 28. The van der Waals surface area contributed by atoms with Crippen LogP contribution in [0.5, 0.6) is 0 Å². The minimum Gasteiger partial charge on any atom is -0.310 e. The van der Waals surface area contributed by atoms with Gasteiger partial charge in [-0.2, -0.15) is 0 Å². The summed E-state index contributed by atoms with van der Waals surface area (Å²) in [7, 11) is 0. The maximum Gasteiger partial charge on any atom is 0.0504 e. The molecule has 2 unspecified atom stereocenters. The Hall–Kier alpha value is -12.4. The highest BCUT2D eigenvalue weighted by Crippen LogP contribution is 2.59. The molecule has 0 N–H and O–H groups in total. The lowest BCUT2D eigenvalue weighted by atomic mass is 9.66. The number of allylic oxidation sites excluding steroid dienone is 4. The highest BCUT2D eigenvalue weighted by atomic mass is 15.1. The van der Waals surface area contributed by atoms with Gasteiger partial charge in [-0.05, 0) is 280 Å². The van der Waals surface area contributed by atoms with E-state index in [1.807, 2.05) is 12.2 Å². The molecule has 0 heterocycles. The summed E-state index contributed by atoms with van der Waals surface area (Å²) < 4.78 is 0. The molecule has 14 aromatic rings. The first-order chi connectivity index (χ1) is 58.5. The molecule has 2 nitrogen and oxygen atoms in total. The van der Waals surface area contributed by atoms with Crippen LogP contribution in [0.2, 0.25) is 0 Å². The second-order valence-electron chi connectivity index (χ2n) is 35.9. The van der Waals surface area contributed by atoms with Gasteiger partial charge in [0.2, 0.25) is 0 Å². The van der Waals surface area contributed by atoms with Crippen molar-refractivity contribution in [2.24, 2.45) is 0 Å². The lowest BCUT2D eigenvalue weighted by Crippen LogP contribution is -2.31. The number of nitrogens with zero attached hydrogens (tertiary/aromatic N) is 2. The maximum absolute atomic E-state index is 4.14. The number of benzene rings is 14. The number of anilines is 6. The van der Waals surface area contributed by atoms with Gasteiger partial charge in [0.1, 0.15) is 0 Å². The minimum atomic E-state index is -0.499. The lowest BCUT2D eigenvalue weighted by molar-refractivity contribution is 0.586. The Bertz CT molecular complexity index is 6030. The van der Waals surface area contributed by atoms with E-state index in [4.69, 9.17) is 0 Å². The summed E-state index contributed by atoms with van der Waals surface area (Å²) in [4.78, 5) is 5.02. The molecule has 0 aromatic heterocycles. The standard InChI is InChI=1S/C118H114N2/c1-11-15-17-21-35-93-77-110(92-55-71-102(72-56-92)120(100-67-51-90(52-68-100)88-33-25-20-26-34-88)104-74-76-108-106-38-28-30-40-112(106)118(114(108)80-104,82-86-47-43-84(14-4)44-48-86)98-63-59-96(60-64-98)116(8,9)10)94(36-22-18-16-12-2)78-109(93)91-53-69-101(70-54-91)119(99-65-49-89(50-66-99)87-31-23-19-24-32-87)103-73-75-107-105-37-27-29-39-111(105)117(113(107)79-103,81-85-45-41-83(13-3)42-46-85)97-61-57-95(58-62-97)115(5,6)7/h13-14,19-20,23-27,29-34,37,39-80H,3-4,11-12,15-18,21-22,28,35-36,38,81-82H2,1-2,5-10H3. The van der Waals surface area contributed by atoms with Crippen molar-refractivity contribution >= 4 is 51.8 Å². The molecule has 14 aromatic carbocycles. The highest BCUT2D eigenvalue weighted by molar-refractivity contribution is 5.92. The van der Waals surface area contributed by atoms with Crippen LogP contribution in [-0.4, -0.2) is 0 Å². The van der Waals surface area contributed by atoms with E-state index in [0.717, 1.165) is 96.6 Å². The van der Waals surface area contributed by atoms with Crippen molar-refractivity contribution < 1.29 is 0 Å². The fraction of sp³-hybridized carbons (Fsp3) is 0.220. The molecule has 3 aliphatic rings. The van der Waals surface area contributed by atoms with Crippen LogP contribution in [0, 0.1) is 0 Å². The van der Waals surface area contributed by atoms with E-state index in [-0.39, 0.29) is 10.8 Å². The third-order valence-electron chi connectivity index (χ3n) is 26.2. The van der Waals surface area contributed by atoms with E-state index in [0.29, 0.717) is 0 Å². The van der Waals surface area contributed by atoms with Crippen molar-refractivity contribution in [3.63, 3.8) is 0 Å². The predicted octanol–water partition coefficient (Wildman–Crippen LogP) is 32.6. The van der Waals surface area contributed by atoms with Crippen molar-refractivity contribution in [3.8, 4) is 55.6 Å². The number of unbranched alkanes of at least 4 members (excludes halogenated alkanes) is 6. The van der Waals surface area contributed by atoms with Gasteiger partial charge in [-0.15, -0.1) is 0 Å². The van der Waals surface area contributed by atoms with E-state index in [9.17, 15) is 0 Å². The summed E-state index contributed by atoms with van der Waals surface area (Å²) in [6.07, 6.45) is 23.9. The molecule has 0 fully saturated rings. The Balaban J connectivity index is 0.782. The van der Waals surface area contributed by atoms with Crippen LogP contribution in [0.25, 0.3) is 73.4 Å². The van der Waals surface area contributed by atoms with Gasteiger partial charge in [-0.3, -0.25) is 0 Å². The minimum absolute atomic E-state index is 0.00372. The molecule has 0 radical (unpaired) electrons. The van der Waals surface area contributed by atoms with E-state index in [2.05, 4.69) is 418 Å². The van der Waals surface area contributed by atoms with E-state index >= 15 is 0 Å². The molecule has 0 bridgehead atoms. The molecular weight excluding hydrogens is 1450 g/mol. The molecule has 120 heavy (non-hydrogen) atoms. The zero-order chi connectivity index (χ0) is 82.5. The van der Waals surface area contributed by atoms with Crippen LogP contribution in [0.4, 0.5) is 34.1 Å². The smallest absolute Gasteiger partial charge is 0.0504 e. The lowest BCUT2D eigenvalue weighted by Gasteiger charge is -2.36. The molecule has 2 heteroatoms. The molecule has 0 aliphatic heterocycles. The van der Waals surface area contributed by atoms with Gasteiger partial charge in [0.05, 0.1) is 10.8 Å². The van der Waals surface area contributed by atoms with Crippen molar-refractivity contribution in [3.05, 3.63) is 436 Å². The van der Waals surface area contributed by atoms with Crippen LogP contribution in [0.1, 0.15) is 197 Å². The van der Waals surface area contributed by atoms with Crippen LogP contribution < -0.4 is 9.80 Å². The average molecular weight is 1560 g/mol. The van der Waals surface area contributed by atoms with Gasteiger partial charge >= 0.3 is 0 Å². The van der Waals surface area contributed by atoms with E-state index in [1.165, 1.54) is 172 Å². The van der Waals surface area contributed by atoms with Crippen molar-refractivity contribution in [2.75, 3.05) is 9.80 Å². The summed E-state index contributed by atoms with van der Waals surface area (Å²) in [6, 6.07) is 126. The summed E-state index contributed by atoms with van der Waals surface area (Å²) in [6.45, 7) is 26.8. The maximum atomic E-state index is 4.14. The summed E-state index contributed by atoms with van der Waals surface area (Å²) in [5.41, 5.74) is 39.5. The van der Waals surface area contributed by atoms with E-state index < -0.39 is 10.8 Å². The van der Waals surface area contributed by atoms with Crippen LogP contribution >= 0.6 is 0 Å². The Morgan fingerprint density at radius 2 is 0.700 bits per heavy atom. The SMILES string of the molecule is C=Cc1ccc(CC2(c3ccc(C(C)(C)C)cc3)C3=C(CCC=C3)c3ccc(N(c4ccc(-c5ccccc5)cc4)c4ccc(-c5cc(CCCCCC)c(-c6ccc(N(c7ccc(-c8ccccc8)cc7)c7ccc8c(c7)C(Cc7ccc(C=C)cc7)(c7ccc(C(C)(C)C)cc7)c7ccccc7-8)cc6)cc5CCCCCC)cc4)cc32)cc1. The molecule has 0 spiro atoms. The van der Waals surface area contributed by atoms with Gasteiger partial charge in [-0.25, -0.2) is 0 Å². The second kappa shape index (κ2) is 34.5. The first-order valence-corrected chi connectivity index (χ1v) is 44.3. The summed E-state index contributed by atoms with van der Waals surface area (Å²) >= 11 is 0. The predicted molar refractivity (Wildman–Crippen MR) is 515 cm³/mol. The molecule has 2 atom stereocenters. The summed E-state index contributed by atoms with van der Waals surface area (Å²) in [5, 5.41) is 0. The third kappa shape index (κ3) is 15.9. The van der Waals surface area contributed by atoms with E-state index in [1.54, 1.807) is 0 Å². The second-order valence-corrected chi connectivity index (χ2v) is 35.9. The molecular formula is C118H114N2. The largest absolute Gasteiger partial charge is 0.310 e. The van der Waals surface area contributed by atoms with Gasteiger partial charge in [0.15, 0.2) is 0 Å². The molecule has 17 rings (SSSR count). The Morgan fingerprint density at radius 3 is 1.13 bits per heavy atom. The Kier molecular flexibility index (Phi) is 23.0. The summed E-state index contributed by atoms with van der Waals surface area (Å²) in [5.74, 6) is 0. The molecule has 0 saturated carbocycles. The fourth-order valence-electron chi connectivity index (χ4n) is 19.6. The first-order valence-electron chi connectivity index (χ1n) is 44.3. The van der Waals surface area contributed by atoms with Gasteiger partial charge in [0.25, 0.3) is 0 Å². The van der Waals surface area contributed by atoms with Crippen LogP contribution in [0.3, 0.4) is 0 Å². The number of aryl methyl sites for hydroxylation is 2.